The van der Waals surface area contributed by atoms with Gasteiger partial charge in [0.05, 0.1) is 17.9 Å². The smallest absolute Gasteiger partial charge is 0.224 e. The van der Waals surface area contributed by atoms with Crippen LogP contribution in [-0.2, 0) is 19.9 Å². The van der Waals surface area contributed by atoms with Gasteiger partial charge in [0.1, 0.15) is 0 Å². The summed E-state index contributed by atoms with van der Waals surface area (Å²) >= 11 is 0. The Hall–Kier alpha value is -0.910. The molecule has 90 valence electrons. The Morgan fingerprint density at radius 1 is 1.62 bits per heavy atom. The van der Waals surface area contributed by atoms with E-state index in [1.54, 1.807) is 13.0 Å². The first kappa shape index (κ1) is 13.2. The second-order valence-electron chi connectivity index (χ2n) is 3.45. The first-order valence-electron chi connectivity index (χ1n) is 4.62. The van der Waals surface area contributed by atoms with Crippen molar-refractivity contribution in [3.63, 3.8) is 0 Å². The number of nitriles is 1. The van der Waals surface area contributed by atoms with E-state index in [0.29, 0.717) is 0 Å². The number of nitrogens with zero attached hydrogens (tertiary/aromatic N) is 1. The SMILES string of the molecule is CCC(C#N)S(=O)(=O)NC1C=CS(=O)(=O)C1. The molecule has 6 nitrogen and oxygen atoms in total. The van der Waals surface area contributed by atoms with E-state index >= 15 is 0 Å². The van der Waals surface area contributed by atoms with Crippen molar-refractivity contribution in [3.8, 4) is 6.07 Å². The maximum atomic E-state index is 11.6. The summed E-state index contributed by atoms with van der Waals surface area (Å²) in [6.07, 6.45) is 1.44. The van der Waals surface area contributed by atoms with Crippen LogP contribution in [0.5, 0.6) is 0 Å². The van der Waals surface area contributed by atoms with E-state index in [0.717, 1.165) is 5.41 Å². The Balaban J connectivity index is 2.77. The summed E-state index contributed by atoms with van der Waals surface area (Å²) < 4.78 is 47.5. The van der Waals surface area contributed by atoms with Crippen molar-refractivity contribution >= 4 is 19.9 Å². The van der Waals surface area contributed by atoms with Crippen LogP contribution in [0.3, 0.4) is 0 Å². The van der Waals surface area contributed by atoms with Crippen LogP contribution in [0.2, 0.25) is 0 Å². The molecule has 1 rings (SSSR count). The summed E-state index contributed by atoms with van der Waals surface area (Å²) in [5, 5.41) is 8.46. The average Bonchev–Trinajstić information content (AvgIpc) is 2.45. The molecular formula is C8H12N2O4S2. The van der Waals surface area contributed by atoms with Crippen molar-refractivity contribution in [1.82, 2.24) is 4.72 Å². The third-order valence-electron chi connectivity index (χ3n) is 2.14. The van der Waals surface area contributed by atoms with E-state index in [-0.39, 0.29) is 12.2 Å². The van der Waals surface area contributed by atoms with Crippen molar-refractivity contribution < 1.29 is 16.8 Å². The maximum Gasteiger partial charge on any atom is 0.228 e. The minimum absolute atomic E-state index is 0.162. The standard InChI is InChI=1S/C8H12N2O4S2/c1-2-8(5-9)16(13,14)10-7-3-4-15(11,12)6-7/h3-4,7-8,10H,2,6H2,1H3. The summed E-state index contributed by atoms with van der Waals surface area (Å²) in [7, 11) is -7.08. The van der Waals surface area contributed by atoms with Gasteiger partial charge < -0.3 is 0 Å². The third kappa shape index (κ3) is 3.04. The summed E-state index contributed by atoms with van der Waals surface area (Å²) in [5.41, 5.74) is 0. The fourth-order valence-electron chi connectivity index (χ4n) is 1.32. The highest BCUT2D eigenvalue weighted by atomic mass is 32.2. The zero-order valence-corrected chi connectivity index (χ0v) is 10.3. The van der Waals surface area contributed by atoms with Crippen molar-refractivity contribution in [2.45, 2.75) is 24.6 Å². The number of hydrogen-bond acceptors (Lipinski definition) is 5. The molecule has 0 aliphatic carbocycles. The molecule has 0 saturated carbocycles. The van der Waals surface area contributed by atoms with Crippen molar-refractivity contribution in [2.75, 3.05) is 5.75 Å². The van der Waals surface area contributed by atoms with E-state index in [2.05, 4.69) is 4.72 Å². The fraction of sp³-hybridized carbons (Fsp3) is 0.625. The molecule has 1 aliphatic heterocycles. The molecule has 0 aromatic rings. The molecule has 1 N–H and O–H groups in total. The monoisotopic (exact) mass is 264 g/mol. The molecule has 2 unspecified atom stereocenters. The van der Waals surface area contributed by atoms with Gasteiger partial charge in [-0.3, -0.25) is 0 Å². The molecule has 0 aromatic heterocycles. The Bertz CT molecular complexity index is 527. The van der Waals surface area contributed by atoms with Gasteiger partial charge in [0.25, 0.3) is 0 Å². The molecule has 2 atom stereocenters. The minimum Gasteiger partial charge on any atom is -0.224 e. The van der Waals surface area contributed by atoms with Crippen LogP contribution in [0, 0.1) is 11.3 Å². The summed E-state index contributed by atoms with van der Waals surface area (Å²) in [4.78, 5) is 0. The van der Waals surface area contributed by atoms with E-state index in [9.17, 15) is 16.8 Å². The minimum atomic E-state index is -3.78. The van der Waals surface area contributed by atoms with Crippen LogP contribution in [0.15, 0.2) is 11.5 Å². The number of hydrogen-bond donors (Lipinski definition) is 1. The maximum absolute atomic E-state index is 11.6. The lowest BCUT2D eigenvalue weighted by molar-refractivity contribution is 0.566. The van der Waals surface area contributed by atoms with Crippen LogP contribution in [0.25, 0.3) is 0 Å². The molecule has 1 heterocycles. The van der Waals surface area contributed by atoms with Gasteiger partial charge in [-0.2, -0.15) is 5.26 Å². The third-order valence-corrected chi connectivity index (χ3v) is 5.35. The van der Waals surface area contributed by atoms with Gasteiger partial charge >= 0.3 is 0 Å². The lowest BCUT2D eigenvalue weighted by Crippen LogP contribution is -2.40. The predicted molar refractivity (Wildman–Crippen MR) is 58.5 cm³/mol. The second-order valence-corrected chi connectivity index (χ2v) is 7.28. The van der Waals surface area contributed by atoms with Gasteiger partial charge in [0.2, 0.25) is 10.0 Å². The quantitative estimate of drug-likeness (QED) is 0.738. The Labute approximate surface area is 94.9 Å². The molecule has 0 radical (unpaired) electrons. The van der Waals surface area contributed by atoms with Crippen molar-refractivity contribution in [2.24, 2.45) is 0 Å². The summed E-state index contributed by atoms with van der Waals surface area (Å²) in [6.45, 7) is 1.58. The zero-order chi connectivity index (χ0) is 12.4. The first-order chi connectivity index (χ1) is 7.30. The lowest BCUT2D eigenvalue weighted by Gasteiger charge is -2.13. The van der Waals surface area contributed by atoms with E-state index in [1.165, 1.54) is 6.08 Å². The molecule has 0 spiro atoms. The summed E-state index contributed by atoms with van der Waals surface area (Å²) in [6, 6.07) is 0.896. The molecule has 16 heavy (non-hydrogen) atoms. The molecular weight excluding hydrogens is 252 g/mol. The molecule has 8 heteroatoms. The van der Waals surface area contributed by atoms with Gasteiger partial charge in [-0.1, -0.05) is 13.0 Å². The Morgan fingerprint density at radius 3 is 2.62 bits per heavy atom. The van der Waals surface area contributed by atoms with Gasteiger partial charge in [-0.15, -0.1) is 0 Å². The van der Waals surface area contributed by atoms with E-state index < -0.39 is 31.2 Å². The van der Waals surface area contributed by atoms with Gasteiger partial charge in [-0.25, -0.2) is 21.6 Å². The Morgan fingerprint density at radius 2 is 2.25 bits per heavy atom. The molecule has 0 aromatic carbocycles. The van der Waals surface area contributed by atoms with Gasteiger partial charge in [0, 0.05) is 5.41 Å². The topological polar surface area (TPSA) is 104 Å². The number of sulfone groups is 1. The normalized spacial score (nSPS) is 25.1. The van der Waals surface area contributed by atoms with Gasteiger partial charge in [-0.05, 0) is 6.42 Å². The fourth-order valence-corrected chi connectivity index (χ4v) is 3.99. The first-order valence-corrected chi connectivity index (χ1v) is 7.88. The van der Waals surface area contributed by atoms with Crippen LogP contribution >= 0.6 is 0 Å². The van der Waals surface area contributed by atoms with E-state index in [1.807, 2.05) is 0 Å². The highest BCUT2D eigenvalue weighted by Crippen LogP contribution is 2.11. The molecule has 0 saturated heterocycles. The largest absolute Gasteiger partial charge is 0.228 e. The van der Waals surface area contributed by atoms with Gasteiger partial charge in [0.15, 0.2) is 15.1 Å². The van der Waals surface area contributed by atoms with Crippen LogP contribution < -0.4 is 4.72 Å². The highest BCUT2D eigenvalue weighted by Gasteiger charge is 2.30. The molecule has 0 amide bonds. The van der Waals surface area contributed by atoms with Crippen LogP contribution in [0.1, 0.15) is 13.3 Å². The highest BCUT2D eigenvalue weighted by molar-refractivity contribution is 7.94. The second kappa shape index (κ2) is 4.53. The van der Waals surface area contributed by atoms with Crippen molar-refractivity contribution in [1.29, 1.82) is 5.26 Å². The number of nitrogens with one attached hydrogen (secondary N) is 1. The van der Waals surface area contributed by atoms with Crippen molar-refractivity contribution in [3.05, 3.63) is 11.5 Å². The van der Waals surface area contributed by atoms with Crippen LogP contribution in [-0.4, -0.2) is 33.9 Å². The average molecular weight is 264 g/mol. The molecule has 1 aliphatic rings. The molecule has 0 bridgehead atoms. The summed E-state index contributed by atoms with van der Waals surface area (Å²) in [5.74, 6) is -0.284. The van der Waals surface area contributed by atoms with E-state index in [4.69, 9.17) is 5.26 Å². The Kier molecular flexibility index (Phi) is 3.72. The van der Waals surface area contributed by atoms with Crippen LogP contribution in [0.4, 0.5) is 0 Å². The number of sulfonamides is 1. The number of rotatable bonds is 4. The molecule has 0 fully saturated rings. The zero-order valence-electron chi connectivity index (χ0n) is 8.62. The lowest BCUT2D eigenvalue weighted by atomic mass is 10.4. The predicted octanol–water partition coefficient (Wildman–Crippen LogP) is -0.481.